The molecule has 0 aromatic heterocycles. The second kappa shape index (κ2) is 10.5. The number of amides is 1. The Bertz CT molecular complexity index is 712. The van der Waals surface area contributed by atoms with Crippen molar-refractivity contribution in [3.8, 4) is 12.1 Å². The lowest BCUT2D eigenvalue weighted by Crippen LogP contribution is -2.45. The molecule has 3 rings (SSSR count). The summed E-state index contributed by atoms with van der Waals surface area (Å²) in [5, 5.41) is 21.4. The summed E-state index contributed by atoms with van der Waals surface area (Å²) in [6.45, 7) is 2.25. The summed E-state index contributed by atoms with van der Waals surface area (Å²) in [6.07, 6.45) is 2.47. The third-order valence-corrected chi connectivity index (χ3v) is 5.23. The molecule has 0 radical (unpaired) electrons. The van der Waals surface area contributed by atoms with Gasteiger partial charge in [0.05, 0.1) is 23.7 Å². The van der Waals surface area contributed by atoms with E-state index in [0.29, 0.717) is 12.1 Å². The minimum absolute atomic E-state index is 0. The Morgan fingerprint density at radius 3 is 2.63 bits per heavy atom. The quantitative estimate of drug-likeness (QED) is 0.822. The minimum atomic E-state index is -0.260. The highest BCUT2D eigenvalue weighted by Crippen LogP contribution is 2.22. The van der Waals surface area contributed by atoms with Gasteiger partial charge in [-0.25, -0.2) is 0 Å². The van der Waals surface area contributed by atoms with Crippen LogP contribution in [0.15, 0.2) is 24.3 Å². The van der Waals surface area contributed by atoms with E-state index in [1.165, 1.54) is 0 Å². The van der Waals surface area contributed by atoms with Gasteiger partial charge in [-0.15, -0.1) is 24.8 Å². The van der Waals surface area contributed by atoms with Crippen molar-refractivity contribution in [3.05, 3.63) is 35.4 Å². The molecule has 2 aliphatic rings. The normalized spacial score (nSPS) is 23.9. The fraction of sp³-hybridized carbons (Fsp3) is 0.526. The second-order valence-electron chi connectivity index (χ2n) is 6.89. The summed E-state index contributed by atoms with van der Waals surface area (Å²) in [6, 6.07) is 11.8. The first-order valence-electron chi connectivity index (χ1n) is 8.75. The Balaban J connectivity index is 0.00000182. The predicted molar refractivity (Wildman–Crippen MR) is 108 cm³/mol. The number of nitrogens with one attached hydrogen (secondary N) is 1. The number of likely N-dealkylation sites (tertiary alicyclic amines) is 1. The molecule has 1 aromatic carbocycles. The lowest BCUT2D eigenvalue weighted by atomic mass is 10.1. The Morgan fingerprint density at radius 1 is 1.30 bits per heavy atom. The molecular formula is C19H25Cl2N5O. The summed E-state index contributed by atoms with van der Waals surface area (Å²) in [5.41, 5.74) is 1.82. The lowest BCUT2D eigenvalue weighted by molar-refractivity contribution is -0.133. The summed E-state index contributed by atoms with van der Waals surface area (Å²) in [7, 11) is 2.06. The van der Waals surface area contributed by atoms with E-state index in [4.69, 9.17) is 5.26 Å². The maximum atomic E-state index is 12.7. The number of rotatable bonds is 4. The van der Waals surface area contributed by atoms with Crippen LogP contribution in [-0.4, -0.2) is 54.0 Å². The average Bonchev–Trinajstić information content (AvgIpc) is 3.31. The number of nitrogens with zero attached hydrogens (tertiary/aromatic N) is 4. The van der Waals surface area contributed by atoms with Crippen molar-refractivity contribution in [1.29, 1.82) is 10.5 Å². The van der Waals surface area contributed by atoms with Crippen molar-refractivity contribution in [2.75, 3.05) is 20.1 Å². The van der Waals surface area contributed by atoms with Crippen LogP contribution in [0.4, 0.5) is 0 Å². The molecule has 3 atom stereocenters. The van der Waals surface area contributed by atoms with Crippen molar-refractivity contribution >= 4 is 30.7 Å². The van der Waals surface area contributed by atoms with E-state index in [0.717, 1.165) is 37.9 Å². The largest absolute Gasteiger partial charge is 0.325 e. The Labute approximate surface area is 172 Å². The molecule has 1 amide bonds. The first kappa shape index (κ1) is 23.2. The molecule has 0 saturated carbocycles. The molecule has 2 fully saturated rings. The molecule has 2 saturated heterocycles. The van der Waals surface area contributed by atoms with Crippen LogP contribution in [-0.2, 0) is 11.3 Å². The third-order valence-electron chi connectivity index (χ3n) is 5.23. The van der Waals surface area contributed by atoms with Crippen LogP contribution >= 0.6 is 24.8 Å². The number of likely N-dealkylation sites (N-methyl/N-ethyl adjacent to an activating group) is 1. The number of nitriles is 2. The number of halogens is 2. The zero-order chi connectivity index (χ0) is 17.8. The monoisotopic (exact) mass is 409 g/mol. The molecule has 146 valence electrons. The number of hydrogen-bond donors (Lipinski definition) is 1. The molecule has 2 unspecified atom stereocenters. The Kier molecular flexibility index (Phi) is 9.02. The van der Waals surface area contributed by atoms with Crippen LogP contribution in [0.1, 0.15) is 30.4 Å². The van der Waals surface area contributed by atoms with Crippen LogP contribution < -0.4 is 5.32 Å². The van der Waals surface area contributed by atoms with Gasteiger partial charge in [-0.1, -0.05) is 12.1 Å². The maximum Gasteiger partial charge on any atom is 0.240 e. The standard InChI is InChI=1S/C19H23N5O.2ClH/c1-23(13-15-6-4-14(10-20)5-7-15)17-9-18(22-12-17)19(25)24-8-2-3-16(24)11-21;;/h4-7,16-18,22H,2-3,8-9,12-13H2,1H3;2*1H/t16-,17?,18?;;/m0../s1. The van der Waals surface area contributed by atoms with Crippen molar-refractivity contribution < 1.29 is 4.79 Å². The van der Waals surface area contributed by atoms with Gasteiger partial charge in [0.25, 0.3) is 0 Å². The molecular weight excluding hydrogens is 385 g/mol. The van der Waals surface area contributed by atoms with Crippen LogP contribution in [0.5, 0.6) is 0 Å². The highest BCUT2D eigenvalue weighted by atomic mass is 35.5. The number of hydrogen-bond acceptors (Lipinski definition) is 5. The average molecular weight is 410 g/mol. The van der Waals surface area contributed by atoms with Gasteiger partial charge in [-0.2, -0.15) is 10.5 Å². The summed E-state index contributed by atoms with van der Waals surface area (Å²) < 4.78 is 0. The molecule has 27 heavy (non-hydrogen) atoms. The van der Waals surface area contributed by atoms with E-state index < -0.39 is 0 Å². The van der Waals surface area contributed by atoms with Crippen LogP contribution in [0.3, 0.4) is 0 Å². The van der Waals surface area contributed by atoms with E-state index >= 15 is 0 Å². The van der Waals surface area contributed by atoms with E-state index in [1.807, 2.05) is 24.3 Å². The molecule has 8 heteroatoms. The number of carbonyl (C=O) groups is 1. The molecule has 1 N–H and O–H groups in total. The second-order valence-corrected chi connectivity index (χ2v) is 6.89. The highest BCUT2D eigenvalue weighted by molar-refractivity contribution is 5.85. The number of benzene rings is 1. The topological polar surface area (TPSA) is 83.2 Å². The van der Waals surface area contributed by atoms with E-state index in [1.54, 1.807) is 4.90 Å². The fourth-order valence-electron chi connectivity index (χ4n) is 3.71. The van der Waals surface area contributed by atoms with E-state index in [-0.39, 0.29) is 48.8 Å². The first-order chi connectivity index (χ1) is 12.1. The van der Waals surface area contributed by atoms with Gasteiger partial charge in [0.15, 0.2) is 0 Å². The lowest BCUT2D eigenvalue weighted by Gasteiger charge is -2.25. The van der Waals surface area contributed by atoms with Gasteiger partial charge in [0, 0.05) is 25.7 Å². The van der Waals surface area contributed by atoms with Gasteiger partial charge in [-0.3, -0.25) is 9.69 Å². The van der Waals surface area contributed by atoms with Crippen molar-refractivity contribution in [2.24, 2.45) is 0 Å². The number of carbonyl (C=O) groups excluding carboxylic acids is 1. The first-order valence-corrected chi connectivity index (χ1v) is 8.75. The van der Waals surface area contributed by atoms with E-state index in [2.05, 4.69) is 29.4 Å². The Hall–Kier alpha value is -1.83. The molecule has 0 spiro atoms. The molecule has 2 heterocycles. The van der Waals surface area contributed by atoms with Gasteiger partial charge >= 0.3 is 0 Å². The summed E-state index contributed by atoms with van der Waals surface area (Å²) >= 11 is 0. The fourth-order valence-corrected chi connectivity index (χ4v) is 3.71. The zero-order valence-corrected chi connectivity index (χ0v) is 16.9. The van der Waals surface area contributed by atoms with Crippen molar-refractivity contribution in [3.63, 3.8) is 0 Å². The summed E-state index contributed by atoms with van der Waals surface area (Å²) in [4.78, 5) is 16.7. The van der Waals surface area contributed by atoms with Gasteiger partial charge in [0.2, 0.25) is 5.91 Å². The summed E-state index contributed by atoms with van der Waals surface area (Å²) in [5.74, 6) is 0.0679. The zero-order valence-electron chi connectivity index (χ0n) is 15.3. The Morgan fingerprint density at radius 2 is 2.00 bits per heavy atom. The van der Waals surface area contributed by atoms with Gasteiger partial charge in [0.1, 0.15) is 6.04 Å². The smallest absolute Gasteiger partial charge is 0.240 e. The molecule has 1 aromatic rings. The minimum Gasteiger partial charge on any atom is -0.325 e. The SMILES string of the molecule is CN(Cc1ccc(C#N)cc1)C1CNC(C(=O)N2CCC[C@H]2C#N)C1.Cl.Cl. The van der Waals surface area contributed by atoms with Crippen molar-refractivity contribution in [1.82, 2.24) is 15.1 Å². The van der Waals surface area contributed by atoms with Crippen LogP contribution in [0, 0.1) is 22.7 Å². The highest BCUT2D eigenvalue weighted by Gasteiger charge is 2.37. The predicted octanol–water partition coefficient (Wildman–Crippen LogP) is 2.08. The van der Waals surface area contributed by atoms with Crippen LogP contribution in [0.2, 0.25) is 0 Å². The van der Waals surface area contributed by atoms with Crippen molar-refractivity contribution in [2.45, 2.75) is 43.9 Å². The maximum absolute atomic E-state index is 12.7. The van der Waals surface area contributed by atoms with Crippen LogP contribution in [0.25, 0.3) is 0 Å². The van der Waals surface area contributed by atoms with E-state index in [9.17, 15) is 10.1 Å². The van der Waals surface area contributed by atoms with Gasteiger partial charge in [-0.05, 0) is 44.0 Å². The third kappa shape index (κ3) is 5.34. The molecule has 2 aliphatic heterocycles. The molecule has 0 aliphatic carbocycles. The molecule has 0 bridgehead atoms. The molecule has 6 nitrogen and oxygen atoms in total. The van der Waals surface area contributed by atoms with Gasteiger partial charge < -0.3 is 10.2 Å².